The highest BCUT2D eigenvalue weighted by Gasteiger charge is 2.27. The van der Waals surface area contributed by atoms with Crippen LogP contribution in [0, 0.1) is 5.82 Å². The number of piperidine rings is 1. The van der Waals surface area contributed by atoms with Crippen molar-refractivity contribution >= 4 is 5.91 Å². The summed E-state index contributed by atoms with van der Waals surface area (Å²) in [5, 5.41) is 8.08. The number of hydrogen-bond donors (Lipinski definition) is 0. The molecule has 2 aromatic rings. The van der Waals surface area contributed by atoms with Gasteiger partial charge in [-0.15, -0.1) is 10.2 Å². The second-order valence-corrected chi connectivity index (χ2v) is 6.03. The zero-order valence-electron chi connectivity index (χ0n) is 13.7. The Morgan fingerprint density at radius 2 is 2.17 bits per heavy atom. The molecule has 1 aromatic heterocycles. The van der Waals surface area contributed by atoms with E-state index in [-0.39, 0.29) is 24.2 Å². The lowest BCUT2D eigenvalue weighted by Crippen LogP contribution is -2.40. The lowest BCUT2D eigenvalue weighted by Gasteiger charge is -2.32. The van der Waals surface area contributed by atoms with Crippen LogP contribution in [0.3, 0.4) is 0 Å². The van der Waals surface area contributed by atoms with Crippen molar-refractivity contribution in [1.82, 2.24) is 19.7 Å². The second kappa shape index (κ2) is 7.42. The molecule has 1 amide bonds. The Labute approximate surface area is 140 Å². The van der Waals surface area contributed by atoms with Gasteiger partial charge in [-0.25, -0.2) is 4.39 Å². The third-order valence-corrected chi connectivity index (χ3v) is 4.28. The van der Waals surface area contributed by atoms with Crippen LogP contribution in [0.1, 0.15) is 31.0 Å². The average molecular weight is 332 g/mol. The van der Waals surface area contributed by atoms with Crippen molar-refractivity contribution in [2.75, 3.05) is 19.7 Å². The highest BCUT2D eigenvalue weighted by atomic mass is 19.1. The summed E-state index contributed by atoms with van der Waals surface area (Å²) in [6, 6.07) is 5.80. The molecule has 3 rings (SSSR count). The van der Waals surface area contributed by atoms with Crippen LogP contribution in [-0.4, -0.2) is 45.3 Å². The summed E-state index contributed by atoms with van der Waals surface area (Å²) in [5.74, 6) is 1.49. The van der Waals surface area contributed by atoms with Crippen molar-refractivity contribution < 1.29 is 13.9 Å². The van der Waals surface area contributed by atoms with Crippen LogP contribution < -0.4 is 4.74 Å². The molecule has 0 N–H and O–H groups in total. The number of amides is 1. The van der Waals surface area contributed by atoms with Gasteiger partial charge in [-0.1, -0.05) is 0 Å². The number of rotatable bonds is 5. The zero-order chi connectivity index (χ0) is 16.9. The fraction of sp³-hybridized carbons (Fsp3) is 0.471. The quantitative estimate of drug-likeness (QED) is 0.841. The smallest absolute Gasteiger partial charge is 0.226 e. The molecule has 24 heavy (non-hydrogen) atoms. The van der Waals surface area contributed by atoms with E-state index in [1.165, 1.54) is 12.1 Å². The summed E-state index contributed by atoms with van der Waals surface area (Å²) in [5.41, 5.74) is 0. The number of aromatic nitrogens is 3. The molecule has 128 valence electrons. The number of hydrogen-bond acceptors (Lipinski definition) is 4. The standard InChI is InChI=1S/C17H21FN4O2/c1-21-12-19-20-17(21)13-3-2-9-22(11-13)16(23)8-10-24-15-6-4-14(18)5-7-15/h4-7,12-13H,2-3,8-11H2,1H3/t13-/m1/s1. The van der Waals surface area contributed by atoms with Gasteiger partial charge in [-0.3, -0.25) is 4.79 Å². The lowest BCUT2D eigenvalue weighted by molar-refractivity contribution is -0.133. The molecule has 0 bridgehead atoms. The SMILES string of the molecule is Cn1cnnc1[C@@H]1CCCN(C(=O)CCOc2ccc(F)cc2)C1. The van der Waals surface area contributed by atoms with Crippen LogP contribution in [0.4, 0.5) is 4.39 Å². The van der Waals surface area contributed by atoms with Gasteiger partial charge >= 0.3 is 0 Å². The number of likely N-dealkylation sites (tertiary alicyclic amines) is 1. The Hall–Kier alpha value is -2.44. The van der Waals surface area contributed by atoms with E-state index in [0.717, 1.165) is 25.2 Å². The predicted molar refractivity (Wildman–Crippen MR) is 86.1 cm³/mol. The van der Waals surface area contributed by atoms with E-state index >= 15 is 0 Å². The molecular weight excluding hydrogens is 311 g/mol. The Morgan fingerprint density at radius 3 is 2.88 bits per heavy atom. The van der Waals surface area contributed by atoms with E-state index in [0.29, 0.717) is 18.7 Å². The van der Waals surface area contributed by atoms with Crippen molar-refractivity contribution in [2.45, 2.75) is 25.2 Å². The second-order valence-electron chi connectivity index (χ2n) is 6.03. The number of halogens is 1. The molecule has 1 aliphatic rings. The zero-order valence-corrected chi connectivity index (χ0v) is 13.7. The maximum Gasteiger partial charge on any atom is 0.226 e. The minimum absolute atomic E-state index is 0.0731. The molecule has 1 aromatic carbocycles. The van der Waals surface area contributed by atoms with E-state index in [2.05, 4.69) is 10.2 Å². The lowest BCUT2D eigenvalue weighted by atomic mass is 9.97. The van der Waals surface area contributed by atoms with Crippen LogP contribution in [-0.2, 0) is 11.8 Å². The van der Waals surface area contributed by atoms with E-state index in [1.807, 2.05) is 16.5 Å². The van der Waals surface area contributed by atoms with Crippen LogP contribution in [0.25, 0.3) is 0 Å². The van der Waals surface area contributed by atoms with Gasteiger partial charge in [0.25, 0.3) is 0 Å². The average Bonchev–Trinajstić information content (AvgIpc) is 3.03. The molecule has 7 heteroatoms. The summed E-state index contributed by atoms with van der Waals surface area (Å²) in [7, 11) is 1.92. The number of ether oxygens (including phenoxy) is 1. The molecule has 6 nitrogen and oxygen atoms in total. The van der Waals surface area contributed by atoms with Crippen LogP contribution in [0.5, 0.6) is 5.75 Å². The van der Waals surface area contributed by atoms with E-state index in [1.54, 1.807) is 18.5 Å². The number of benzene rings is 1. The normalized spacial score (nSPS) is 17.8. The van der Waals surface area contributed by atoms with Crippen molar-refractivity contribution in [3.05, 3.63) is 42.2 Å². The molecule has 0 saturated carbocycles. The van der Waals surface area contributed by atoms with Crippen LogP contribution >= 0.6 is 0 Å². The molecular formula is C17H21FN4O2. The fourth-order valence-electron chi connectivity index (χ4n) is 3.02. The molecule has 1 atom stereocenters. The highest BCUT2D eigenvalue weighted by Crippen LogP contribution is 2.25. The van der Waals surface area contributed by atoms with Gasteiger partial charge in [0, 0.05) is 26.1 Å². The molecule has 1 saturated heterocycles. The minimum atomic E-state index is -0.304. The minimum Gasteiger partial charge on any atom is -0.493 e. The van der Waals surface area contributed by atoms with Crippen LogP contribution in [0.15, 0.2) is 30.6 Å². The number of carbonyl (C=O) groups is 1. The summed E-state index contributed by atoms with van der Waals surface area (Å²) in [6.45, 7) is 1.72. The van der Waals surface area contributed by atoms with Crippen molar-refractivity contribution in [1.29, 1.82) is 0 Å². The first-order valence-electron chi connectivity index (χ1n) is 8.13. The third-order valence-electron chi connectivity index (χ3n) is 4.28. The topological polar surface area (TPSA) is 60.2 Å². The first-order chi connectivity index (χ1) is 11.6. The first-order valence-corrected chi connectivity index (χ1v) is 8.13. The van der Waals surface area contributed by atoms with Gasteiger partial charge < -0.3 is 14.2 Å². The van der Waals surface area contributed by atoms with Crippen LogP contribution in [0.2, 0.25) is 0 Å². The van der Waals surface area contributed by atoms with Gasteiger partial charge in [0.1, 0.15) is 23.7 Å². The van der Waals surface area contributed by atoms with Gasteiger partial charge in [-0.05, 0) is 37.1 Å². The third kappa shape index (κ3) is 3.90. The first kappa shape index (κ1) is 16.4. The van der Waals surface area contributed by atoms with E-state index in [9.17, 15) is 9.18 Å². The number of aryl methyl sites for hydroxylation is 1. The number of carbonyl (C=O) groups excluding carboxylic acids is 1. The molecule has 2 heterocycles. The Morgan fingerprint density at radius 1 is 1.38 bits per heavy atom. The molecule has 1 aliphatic heterocycles. The Balaban J connectivity index is 1.49. The number of nitrogens with zero attached hydrogens (tertiary/aromatic N) is 4. The maximum atomic E-state index is 12.8. The van der Waals surface area contributed by atoms with Crippen molar-refractivity contribution in [3.63, 3.8) is 0 Å². The fourth-order valence-corrected chi connectivity index (χ4v) is 3.02. The Bertz CT molecular complexity index is 686. The molecule has 1 fully saturated rings. The van der Waals surface area contributed by atoms with E-state index in [4.69, 9.17) is 4.74 Å². The van der Waals surface area contributed by atoms with Gasteiger partial charge in [0.05, 0.1) is 13.0 Å². The summed E-state index contributed by atoms with van der Waals surface area (Å²) in [4.78, 5) is 14.3. The highest BCUT2D eigenvalue weighted by molar-refractivity contribution is 5.76. The Kier molecular flexibility index (Phi) is 5.08. The summed E-state index contributed by atoms with van der Waals surface area (Å²) in [6.07, 6.45) is 3.97. The van der Waals surface area contributed by atoms with Gasteiger partial charge in [0.15, 0.2) is 0 Å². The summed E-state index contributed by atoms with van der Waals surface area (Å²) >= 11 is 0. The molecule has 0 spiro atoms. The molecule has 0 radical (unpaired) electrons. The monoisotopic (exact) mass is 332 g/mol. The van der Waals surface area contributed by atoms with Gasteiger partial charge in [0.2, 0.25) is 5.91 Å². The largest absolute Gasteiger partial charge is 0.493 e. The maximum absolute atomic E-state index is 12.8. The predicted octanol–water partition coefficient (Wildman–Crippen LogP) is 2.13. The molecule has 0 unspecified atom stereocenters. The van der Waals surface area contributed by atoms with Crippen molar-refractivity contribution in [3.8, 4) is 5.75 Å². The molecule has 0 aliphatic carbocycles. The van der Waals surface area contributed by atoms with Crippen molar-refractivity contribution in [2.24, 2.45) is 7.05 Å². The van der Waals surface area contributed by atoms with Gasteiger partial charge in [-0.2, -0.15) is 0 Å². The summed E-state index contributed by atoms with van der Waals surface area (Å²) < 4.78 is 20.2. The van der Waals surface area contributed by atoms with E-state index < -0.39 is 0 Å².